The fourth-order valence-electron chi connectivity index (χ4n) is 3.34. The van der Waals surface area contributed by atoms with E-state index in [1.54, 1.807) is 11.9 Å². The van der Waals surface area contributed by atoms with Crippen LogP contribution in [-0.2, 0) is 4.74 Å². The van der Waals surface area contributed by atoms with Crippen molar-refractivity contribution >= 4 is 18.0 Å². The van der Waals surface area contributed by atoms with E-state index in [2.05, 4.69) is 45.9 Å². The summed E-state index contributed by atoms with van der Waals surface area (Å²) in [6.45, 7) is 21.4. The van der Waals surface area contributed by atoms with Gasteiger partial charge in [0.05, 0.1) is 0 Å². The third-order valence-electron chi connectivity index (χ3n) is 4.48. The summed E-state index contributed by atoms with van der Waals surface area (Å²) in [5, 5.41) is 0. The molecule has 2 unspecified atom stereocenters. The Hall–Kier alpha value is -0.680. The van der Waals surface area contributed by atoms with E-state index in [1.807, 2.05) is 31.7 Å². The lowest BCUT2D eigenvalue weighted by Crippen LogP contribution is -2.45. The summed E-state index contributed by atoms with van der Waals surface area (Å²) in [6, 6.07) is 0.426. The van der Waals surface area contributed by atoms with Crippen LogP contribution in [0.4, 0.5) is 4.79 Å². The van der Waals surface area contributed by atoms with Gasteiger partial charge in [-0.3, -0.25) is 4.72 Å². The number of carbonyl (C=O) groups is 1. The Morgan fingerprint density at radius 2 is 1.96 bits per heavy atom. The molecule has 1 N–H and O–H groups in total. The molecule has 1 fully saturated rings. The zero-order valence-corrected chi connectivity index (χ0v) is 19.0. The second-order valence-electron chi connectivity index (χ2n) is 10.1. The monoisotopic (exact) mass is 384 g/mol. The van der Waals surface area contributed by atoms with Crippen molar-refractivity contribution in [2.45, 2.75) is 103 Å². The van der Waals surface area contributed by atoms with Gasteiger partial charge in [-0.25, -0.2) is 4.79 Å². The van der Waals surface area contributed by atoms with Gasteiger partial charge in [0, 0.05) is 22.9 Å². The third kappa shape index (κ3) is 8.34. The van der Waals surface area contributed by atoms with Gasteiger partial charge in [0.1, 0.15) is 5.60 Å². The molecule has 0 bridgehead atoms. The molecule has 1 aliphatic rings. The summed E-state index contributed by atoms with van der Waals surface area (Å²) >= 11 is 1.79. The average molecular weight is 385 g/mol. The van der Waals surface area contributed by atoms with Crippen molar-refractivity contribution in [2.24, 2.45) is 5.92 Å². The van der Waals surface area contributed by atoms with Gasteiger partial charge < -0.3 is 9.64 Å². The van der Waals surface area contributed by atoms with Crippen LogP contribution in [-0.4, -0.2) is 39.5 Å². The summed E-state index contributed by atoms with van der Waals surface area (Å²) in [5.74, 6) is 0.520. The molecule has 0 spiro atoms. The quantitative estimate of drug-likeness (QED) is 0.446. The van der Waals surface area contributed by atoms with Crippen LogP contribution in [0.3, 0.4) is 0 Å². The van der Waals surface area contributed by atoms with Gasteiger partial charge in [0.2, 0.25) is 0 Å². The number of ether oxygens (including phenoxy) is 1. The molecule has 152 valence electrons. The van der Waals surface area contributed by atoms with Crippen molar-refractivity contribution in [3.63, 3.8) is 0 Å². The summed E-state index contributed by atoms with van der Waals surface area (Å²) in [7, 11) is 0. The van der Waals surface area contributed by atoms with Gasteiger partial charge in [-0.15, -0.1) is 6.58 Å². The standard InChI is InChI=1S/C21H40N2O2S/c1-10-11-17(22-26-20(5,6)7)13-12-16-14-21(8,9)23(15-16)18(24)25-19(2,3)4/h10,16-17,22H,1,11-15H2,2-9H3. The third-order valence-corrected chi connectivity index (χ3v) is 5.54. The lowest BCUT2D eigenvalue weighted by Gasteiger charge is -2.33. The maximum absolute atomic E-state index is 12.6. The van der Waals surface area contributed by atoms with Gasteiger partial charge in [0.25, 0.3) is 0 Å². The lowest BCUT2D eigenvalue weighted by atomic mass is 9.92. The van der Waals surface area contributed by atoms with Gasteiger partial charge in [-0.05, 0) is 87.0 Å². The second kappa shape index (κ2) is 9.01. The van der Waals surface area contributed by atoms with Crippen LogP contribution in [0, 0.1) is 5.92 Å². The minimum absolute atomic E-state index is 0.144. The van der Waals surface area contributed by atoms with Crippen LogP contribution in [0.1, 0.15) is 81.1 Å². The first-order chi connectivity index (χ1) is 11.7. The first kappa shape index (κ1) is 23.4. The zero-order valence-electron chi connectivity index (χ0n) is 18.1. The van der Waals surface area contributed by atoms with E-state index < -0.39 is 5.60 Å². The Labute approximate surface area is 165 Å². The highest BCUT2D eigenvalue weighted by Crippen LogP contribution is 2.36. The highest BCUT2D eigenvalue weighted by molar-refractivity contribution is 7.98. The van der Waals surface area contributed by atoms with Gasteiger partial charge in [-0.2, -0.15) is 0 Å². The minimum Gasteiger partial charge on any atom is -0.444 e. The largest absolute Gasteiger partial charge is 0.444 e. The number of nitrogens with one attached hydrogen (secondary N) is 1. The molecule has 5 heteroatoms. The Kier molecular flexibility index (Phi) is 8.09. The number of amides is 1. The smallest absolute Gasteiger partial charge is 0.410 e. The fraction of sp³-hybridized carbons (Fsp3) is 0.857. The van der Waals surface area contributed by atoms with E-state index in [0.717, 1.165) is 32.2 Å². The molecule has 4 nitrogen and oxygen atoms in total. The Balaban J connectivity index is 2.59. The summed E-state index contributed by atoms with van der Waals surface area (Å²) in [4.78, 5) is 14.5. The molecule has 0 aromatic rings. The van der Waals surface area contributed by atoms with E-state index in [4.69, 9.17) is 4.74 Å². The Morgan fingerprint density at radius 3 is 2.46 bits per heavy atom. The zero-order chi connectivity index (χ0) is 20.2. The van der Waals surface area contributed by atoms with E-state index in [9.17, 15) is 4.79 Å². The highest BCUT2D eigenvalue weighted by atomic mass is 32.2. The van der Waals surface area contributed by atoms with Crippen molar-refractivity contribution in [2.75, 3.05) is 6.54 Å². The second-order valence-corrected chi connectivity index (χ2v) is 11.8. The van der Waals surface area contributed by atoms with Crippen molar-refractivity contribution in [1.82, 2.24) is 9.62 Å². The Bertz CT molecular complexity index is 477. The fourth-order valence-corrected chi connectivity index (χ4v) is 4.08. The first-order valence-corrected chi connectivity index (χ1v) is 10.6. The van der Waals surface area contributed by atoms with E-state index in [1.165, 1.54) is 0 Å². The van der Waals surface area contributed by atoms with Crippen molar-refractivity contribution < 1.29 is 9.53 Å². The first-order valence-electron chi connectivity index (χ1n) is 9.78. The molecule has 1 amide bonds. The summed E-state index contributed by atoms with van der Waals surface area (Å²) in [6.07, 6.45) is 6.01. The molecule has 1 aliphatic heterocycles. The number of hydrogen-bond donors (Lipinski definition) is 1. The van der Waals surface area contributed by atoms with Crippen molar-refractivity contribution in [3.05, 3.63) is 12.7 Å². The van der Waals surface area contributed by atoms with Gasteiger partial charge in [0.15, 0.2) is 0 Å². The van der Waals surface area contributed by atoms with Crippen molar-refractivity contribution in [1.29, 1.82) is 0 Å². The summed E-state index contributed by atoms with van der Waals surface area (Å²) < 4.78 is 9.41. The van der Waals surface area contributed by atoms with Crippen LogP contribution in [0.2, 0.25) is 0 Å². The van der Waals surface area contributed by atoms with Gasteiger partial charge in [-0.1, -0.05) is 18.0 Å². The Morgan fingerprint density at radius 1 is 1.35 bits per heavy atom. The average Bonchev–Trinajstić information content (AvgIpc) is 2.74. The number of likely N-dealkylation sites (tertiary alicyclic amines) is 1. The molecule has 26 heavy (non-hydrogen) atoms. The predicted octanol–water partition coefficient (Wildman–Crippen LogP) is 5.78. The summed E-state index contributed by atoms with van der Waals surface area (Å²) in [5.41, 5.74) is -0.594. The topological polar surface area (TPSA) is 41.6 Å². The molecule has 1 saturated heterocycles. The molecular weight excluding hydrogens is 344 g/mol. The van der Waals surface area contributed by atoms with Crippen LogP contribution < -0.4 is 4.72 Å². The van der Waals surface area contributed by atoms with Gasteiger partial charge >= 0.3 is 6.09 Å². The maximum atomic E-state index is 12.6. The minimum atomic E-state index is -0.450. The van der Waals surface area contributed by atoms with E-state index >= 15 is 0 Å². The van der Waals surface area contributed by atoms with E-state index in [0.29, 0.717) is 12.0 Å². The van der Waals surface area contributed by atoms with E-state index in [-0.39, 0.29) is 16.4 Å². The number of nitrogens with zero attached hydrogens (tertiary/aromatic N) is 1. The number of rotatable bonds is 7. The van der Waals surface area contributed by atoms with Crippen LogP contribution in [0.5, 0.6) is 0 Å². The molecule has 2 atom stereocenters. The number of carbonyl (C=O) groups excluding carboxylic acids is 1. The lowest BCUT2D eigenvalue weighted by molar-refractivity contribution is 0.0131. The highest BCUT2D eigenvalue weighted by Gasteiger charge is 2.42. The molecule has 1 rings (SSSR count). The van der Waals surface area contributed by atoms with Crippen LogP contribution in [0.15, 0.2) is 12.7 Å². The normalized spacial score (nSPS) is 21.5. The van der Waals surface area contributed by atoms with Crippen molar-refractivity contribution in [3.8, 4) is 0 Å². The van der Waals surface area contributed by atoms with Crippen LogP contribution >= 0.6 is 11.9 Å². The molecule has 0 aromatic heterocycles. The molecule has 0 aliphatic carbocycles. The SMILES string of the molecule is C=CCC(CCC1CN(C(=O)OC(C)(C)C)C(C)(C)C1)NSC(C)(C)C. The molecule has 0 radical (unpaired) electrons. The molecule has 0 aromatic carbocycles. The molecule has 1 heterocycles. The number of hydrogen-bond acceptors (Lipinski definition) is 4. The maximum Gasteiger partial charge on any atom is 0.410 e. The molecule has 0 saturated carbocycles. The molecular formula is C21H40N2O2S. The van der Waals surface area contributed by atoms with Crippen LogP contribution in [0.25, 0.3) is 0 Å². The predicted molar refractivity (Wildman–Crippen MR) is 113 cm³/mol.